The smallest absolute Gasteiger partial charge is 0.338 e. The first-order chi connectivity index (χ1) is 7.77. The summed E-state index contributed by atoms with van der Waals surface area (Å²) < 4.78 is 21.5. The molecule has 1 fully saturated rings. The van der Waals surface area contributed by atoms with Gasteiger partial charge in [0.2, 0.25) is 0 Å². The molecule has 1 aliphatic heterocycles. The van der Waals surface area contributed by atoms with Gasteiger partial charge in [0.1, 0.15) is 6.61 Å². The van der Waals surface area contributed by atoms with Gasteiger partial charge in [0.25, 0.3) is 0 Å². The van der Waals surface area contributed by atoms with Crippen LogP contribution in [0, 0.1) is 0 Å². The van der Waals surface area contributed by atoms with Crippen molar-refractivity contribution in [3.8, 4) is 0 Å². The molecule has 0 aromatic heterocycles. The molecule has 86 valence electrons. The van der Waals surface area contributed by atoms with E-state index in [0.29, 0.717) is 17.9 Å². The second-order valence-electron chi connectivity index (χ2n) is 3.35. The predicted octanol–water partition coefficient (Wildman–Crippen LogP) is 0.948. The maximum absolute atomic E-state index is 11.5. The van der Waals surface area contributed by atoms with Crippen molar-refractivity contribution < 1.29 is 18.5 Å². The van der Waals surface area contributed by atoms with Crippen molar-refractivity contribution in [1.29, 1.82) is 0 Å². The fraction of sp³-hybridized carbons (Fsp3) is 0.364. The van der Waals surface area contributed by atoms with Crippen molar-refractivity contribution >= 4 is 16.8 Å². The third-order valence-electron chi connectivity index (χ3n) is 2.24. The molecule has 2 rings (SSSR count). The minimum absolute atomic E-state index is 0.0559. The number of carbonyl (C=O) groups excluding carboxylic acids is 1. The minimum Gasteiger partial charge on any atom is -0.458 e. The molecule has 0 aliphatic carbocycles. The summed E-state index contributed by atoms with van der Waals surface area (Å²) in [5.41, 5.74) is 0.0268. The summed E-state index contributed by atoms with van der Waals surface area (Å²) in [4.78, 5) is 11.5. The molecule has 1 aliphatic rings. The molecule has 0 saturated carbocycles. The quantitative estimate of drug-likeness (QED) is 0.738. The van der Waals surface area contributed by atoms with Gasteiger partial charge in [-0.25, -0.2) is 4.79 Å². The number of carbonyl (C=O) groups is 1. The van der Waals surface area contributed by atoms with Crippen LogP contribution in [0.2, 0.25) is 0 Å². The zero-order valence-electron chi connectivity index (χ0n) is 8.63. The lowest BCUT2D eigenvalue weighted by Crippen LogP contribution is -2.21. The molecule has 0 radical (unpaired) electrons. The Morgan fingerprint density at radius 2 is 2.19 bits per heavy atom. The van der Waals surface area contributed by atoms with Gasteiger partial charge in [0.15, 0.2) is 5.44 Å². The highest BCUT2D eigenvalue weighted by Gasteiger charge is 2.25. The summed E-state index contributed by atoms with van der Waals surface area (Å²) in [6, 6.07) is 8.71. The lowest BCUT2D eigenvalue weighted by atomic mass is 10.2. The van der Waals surface area contributed by atoms with E-state index in [2.05, 4.69) is 0 Å². The van der Waals surface area contributed by atoms with Crippen molar-refractivity contribution in [3.63, 3.8) is 0 Å². The number of ether oxygens (including phenoxy) is 2. The fourth-order valence-corrected chi connectivity index (χ4v) is 2.39. The molecule has 4 nitrogen and oxygen atoms in total. The number of hydrogen-bond acceptors (Lipinski definition) is 4. The largest absolute Gasteiger partial charge is 0.458 e. The molecule has 0 N–H and O–H groups in total. The van der Waals surface area contributed by atoms with Crippen LogP contribution in [-0.4, -0.2) is 34.6 Å². The maximum Gasteiger partial charge on any atom is 0.338 e. The molecule has 2 atom stereocenters. The highest BCUT2D eigenvalue weighted by atomic mass is 32.2. The predicted molar refractivity (Wildman–Crippen MR) is 59.5 cm³/mol. The molecule has 1 heterocycles. The summed E-state index contributed by atoms with van der Waals surface area (Å²) in [5.74, 6) is 0.112. The summed E-state index contributed by atoms with van der Waals surface area (Å²) in [6.07, 6.45) is 0. The Morgan fingerprint density at radius 1 is 1.44 bits per heavy atom. The second-order valence-corrected chi connectivity index (χ2v) is 5.05. The Kier molecular flexibility index (Phi) is 3.69. The van der Waals surface area contributed by atoms with E-state index >= 15 is 0 Å². The van der Waals surface area contributed by atoms with Gasteiger partial charge in [-0.1, -0.05) is 18.2 Å². The van der Waals surface area contributed by atoms with E-state index in [-0.39, 0.29) is 6.61 Å². The lowest BCUT2D eigenvalue weighted by Gasteiger charge is -2.09. The molecule has 16 heavy (non-hydrogen) atoms. The molecule has 1 aromatic rings. The monoisotopic (exact) mass is 240 g/mol. The van der Waals surface area contributed by atoms with Crippen LogP contribution in [0.4, 0.5) is 0 Å². The van der Waals surface area contributed by atoms with E-state index in [1.165, 1.54) is 0 Å². The molecule has 0 unspecified atom stereocenters. The third kappa shape index (κ3) is 2.68. The average molecular weight is 240 g/mol. The van der Waals surface area contributed by atoms with Gasteiger partial charge in [0, 0.05) is 5.75 Å². The molecular formula is C11H12O4S. The van der Waals surface area contributed by atoms with E-state index in [4.69, 9.17) is 9.47 Å². The second kappa shape index (κ2) is 5.23. The average Bonchev–Trinajstić information content (AvgIpc) is 2.73. The normalized spacial score (nSPS) is 24.2. The van der Waals surface area contributed by atoms with Crippen LogP contribution < -0.4 is 0 Å². The number of hydrogen-bond donors (Lipinski definition) is 0. The molecule has 5 heteroatoms. The van der Waals surface area contributed by atoms with Crippen molar-refractivity contribution in [3.05, 3.63) is 35.9 Å². The van der Waals surface area contributed by atoms with Gasteiger partial charge in [0.05, 0.1) is 23.0 Å². The first-order valence-electron chi connectivity index (χ1n) is 4.98. The molecule has 0 bridgehead atoms. The van der Waals surface area contributed by atoms with E-state index in [9.17, 15) is 9.00 Å². The summed E-state index contributed by atoms with van der Waals surface area (Å²) >= 11 is 0. The molecule has 0 amide bonds. The van der Waals surface area contributed by atoms with Crippen LogP contribution in [-0.2, 0) is 20.3 Å². The van der Waals surface area contributed by atoms with Gasteiger partial charge in [-0.3, -0.25) is 4.21 Å². The summed E-state index contributed by atoms with van der Waals surface area (Å²) in [5, 5.41) is 0. The van der Waals surface area contributed by atoms with Crippen molar-refractivity contribution in [1.82, 2.24) is 0 Å². The Bertz CT molecular complexity index is 390. The van der Waals surface area contributed by atoms with Gasteiger partial charge in [-0.2, -0.15) is 0 Å². The minimum atomic E-state index is -1.03. The number of esters is 1. The van der Waals surface area contributed by atoms with Gasteiger partial charge in [-0.05, 0) is 12.1 Å². The maximum atomic E-state index is 11.5. The van der Waals surface area contributed by atoms with Crippen molar-refractivity contribution in [2.75, 3.05) is 19.0 Å². The Hall–Kier alpha value is -1.20. The van der Waals surface area contributed by atoms with E-state index in [1.54, 1.807) is 24.3 Å². The van der Waals surface area contributed by atoms with Crippen molar-refractivity contribution in [2.24, 2.45) is 0 Å². The zero-order valence-corrected chi connectivity index (χ0v) is 9.44. The number of rotatable bonds is 3. The van der Waals surface area contributed by atoms with Crippen LogP contribution >= 0.6 is 0 Å². The summed E-state index contributed by atoms with van der Waals surface area (Å²) in [7, 11) is -1.03. The first kappa shape index (κ1) is 11.3. The van der Waals surface area contributed by atoms with Crippen LogP contribution in [0.5, 0.6) is 0 Å². The standard InChI is InChI=1S/C11H12O4S/c12-11(9-4-2-1-3-5-9)15-8-10-14-6-7-16(10)13/h1-5,10H,6-8H2/t10-,16-/m1/s1. The van der Waals surface area contributed by atoms with Crippen LogP contribution in [0.1, 0.15) is 10.4 Å². The van der Waals surface area contributed by atoms with Gasteiger partial charge < -0.3 is 9.47 Å². The molecule has 1 aromatic carbocycles. The Labute approximate surface area is 96.0 Å². The van der Waals surface area contributed by atoms with Gasteiger partial charge in [-0.15, -0.1) is 0 Å². The highest BCUT2D eigenvalue weighted by molar-refractivity contribution is 7.85. The van der Waals surface area contributed by atoms with Gasteiger partial charge >= 0.3 is 5.97 Å². The zero-order chi connectivity index (χ0) is 11.4. The van der Waals surface area contributed by atoms with Crippen LogP contribution in [0.15, 0.2) is 30.3 Å². The fourth-order valence-electron chi connectivity index (χ4n) is 1.39. The molecule has 0 spiro atoms. The first-order valence-corrected chi connectivity index (χ1v) is 6.36. The SMILES string of the molecule is O=C(OC[C@@H]1OCC[S@]1=O)c1ccccc1. The van der Waals surface area contributed by atoms with Crippen LogP contribution in [0.3, 0.4) is 0 Å². The topological polar surface area (TPSA) is 52.6 Å². The Balaban J connectivity index is 1.87. The number of benzene rings is 1. The summed E-state index contributed by atoms with van der Waals surface area (Å²) in [6.45, 7) is 0.528. The van der Waals surface area contributed by atoms with E-state index in [1.807, 2.05) is 6.07 Å². The van der Waals surface area contributed by atoms with E-state index < -0.39 is 22.2 Å². The Morgan fingerprint density at radius 3 is 2.81 bits per heavy atom. The highest BCUT2D eigenvalue weighted by Crippen LogP contribution is 2.10. The lowest BCUT2D eigenvalue weighted by molar-refractivity contribution is 0.0292. The van der Waals surface area contributed by atoms with E-state index in [0.717, 1.165) is 0 Å². The molecule has 1 saturated heterocycles. The van der Waals surface area contributed by atoms with Crippen LogP contribution in [0.25, 0.3) is 0 Å². The molecular weight excluding hydrogens is 228 g/mol. The van der Waals surface area contributed by atoms with Crippen molar-refractivity contribution in [2.45, 2.75) is 5.44 Å². The third-order valence-corrected chi connectivity index (χ3v) is 3.67.